The van der Waals surface area contributed by atoms with Gasteiger partial charge in [0, 0.05) is 23.7 Å². The van der Waals surface area contributed by atoms with E-state index in [1.807, 2.05) is 54.6 Å². The fourth-order valence-electron chi connectivity index (χ4n) is 2.57. The zero-order valence-electron chi connectivity index (χ0n) is 12.5. The number of amides is 1. The number of para-hydroxylation sites is 2. The molecule has 0 aliphatic carbocycles. The van der Waals surface area contributed by atoms with Crippen molar-refractivity contribution in [1.29, 1.82) is 0 Å². The van der Waals surface area contributed by atoms with Crippen LogP contribution in [0.15, 0.2) is 61.2 Å². The highest BCUT2D eigenvalue weighted by Gasteiger charge is 2.29. The van der Waals surface area contributed by atoms with Gasteiger partial charge in [-0.2, -0.15) is 0 Å². The Bertz CT molecular complexity index is 762. The second-order valence-corrected chi connectivity index (χ2v) is 5.08. The summed E-state index contributed by atoms with van der Waals surface area (Å²) in [6.07, 6.45) is 3.59. The average molecular weight is 291 g/mol. The molecule has 3 rings (SSSR count). The Hall–Kier alpha value is -2.81. The molecule has 0 atom stereocenters. The number of nitrogens with zero attached hydrogens (tertiary/aromatic N) is 1. The predicted octanol–water partition coefficient (Wildman–Crippen LogP) is 3.77. The Morgan fingerprint density at radius 1 is 1.14 bits per heavy atom. The van der Waals surface area contributed by atoms with Crippen molar-refractivity contribution >= 4 is 23.2 Å². The SMILES string of the molecule is C=CCOc1ccccc1/C=C1\C(=O)N(C)c2ccccc21. The van der Waals surface area contributed by atoms with E-state index < -0.39 is 0 Å². The number of anilines is 1. The second kappa shape index (κ2) is 5.90. The third-order valence-corrected chi connectivity index (χ3v) is 3.67. The molecule has 0 saturated heterocycles. The summed E-state index contributed by atoms with van der Waals surface area (Å²) in [6.45, 7) is 4.09. The van der Waals surface area contributed by atoms with E-state index in [4.69, 9.17) is 4.74 Å². The van der Waals surface area contributed by atoms with Crippen molar-refractivity contribution in [2.75, 3.05) is 18.6 Å². The van der Waals surface area contributed by atoms with Crippen LogP contribution in [-0.4, -0.2) is 19.6 Å². The van der Waals surface area contributed by atoms with Gasteiger partial charge >= 0.3 is 0 Å². The molecule has 2 aromatic rings. The molecule has 0 fully saturated rings. The first-order chi connectivity index (χ1) is 10.7. The Morgan fingerprint density at radius 3 is 2.68 bits per heavy atom. The molecule has 0 aromatic heterocycles. The zero-order chi connectivity index (χ0) is 15.5. The zero-order valence-corrected chi connectivity index (χ0v) is 12.5. The van der Waals surface area contributed by atoms with Gasteiger partial charge in [0.25, 0.3) is 5.91 Å². The number of ether oxygens (including phenoxy) is 1. The standard InChI is InChI=1S/C19H17NO2/c1-3-12-22-18-11-7-4-8-14(18)13-16-15-9-5-6-10-17(15)20(2)19(16)21/h3-11,13H,1,12H2,2H3/b16-13-. The lowest BCUT2D eigenvalue weighted by Crippen LogP contribution is -2.20. The second-order valence-electron chi connectivity index (χ2n) is 5.08. The molecule has 1 heterocycles. The number of carbonyl (C=O) groups excluding carboxylic acids is 1. The normalized spacial score (nSPS) is 15.0. The summed E-state index contributed by atoms with van der Waals surface area (Å²) in [5, 5.41) is 0. The molecule has 110 valence electrons. The smallest absolute Gasteiger partial charge is 0.258 e. The molecule has 1 aliphatic heterocycles. The third kappa shape index (κ3) is 2.42. The number of likely N-dealkylation sites (N-methyl/N-ethyl adjacent to an activating group) is 1. The minimum absolute atomic E-state index is 0.000256. The van der Waals surface area contributed by atoms with Gasteiger partial charge in [0.05, 0.1) is 5.69 Å². The van der Waals surface area contributed by atoms with E-state index in [0.717, 1.165) is 22.6 Å². The van der Waals surface area contributed by atoms with E-state index >= 15 is 0 Å². The Morgan fingerprint density at radius 2 is 1.86 bits per heavy atom. The van der Waals surface area contributed by atoms with Crippen molar-refractivity contribution in [2.45, 2.75) is 0 Å². The number of hydrogen-bond acceptors (Lipinski definition) is 2. The summed E-state index contributed by atoms with van der Waals surface area (Å²) in [5.41, 5.74) is 3.46. The van der Waals surface area contributed by atoms with Crippen LogP contribution in [0.1, 0.15) is 11.1 Å². The molecule has 0 N–H and O–H groups in total. The van der Waals surface area contributed by atoms with Gasteiger partial charge in [0.2, 0.25) is 0 Å². The van der Waals surface area contributed by atoms with Gasteiger partial charge in [0.1, 0.15) is 12.4 Å². The fraction of sp³-hybridized carbons (Fsp3) is 0.105. The average Bonchev–Trinajstić information content (AvgIpc) is 2.79. The molecule has 0 saturated carbocycles. The van der Waals surface area contributed by atoms with Crippen LogP contribution in [0.3, 0.4) is 0 Å². The lowest BCUT2D eigenvalue weighted by molar-refractivity contribution is -0.112. The van der Waals surface area contributed by atoms with Crippen LogP contribution < -0.4 is 9.64 Å². The largest absolute Gasteiger partial charge is 0.489 e. The van der Waals surface area contributed by atoms with Crippen LogP contribution in [0.5, 0.6) is 5.75 Å². The lowest BCUT2D eigenvalue weighted by Gasteiger charge is -2.08. The molecule has 0 bridgehead atoms. The first kappa shape index (κ1) is 14.1. The van der Waals surface area contributed by atoms with Crippen LogP contribution in [-0.2, 0) is 4.79 Å². The molecule has 3 heteroatoms. The molecule has 1 aliphatic rings. The highest BCUT2D eigenvalue weighted by Crippen LogP contribution is 2.37. The number of benzene rings is 2. The van der Waals surface area contributed by atoms with Crippen LogP contribution in [0.25, 0.3) is 11.6 Å². The Kier molecular flexibility index (Phi) is 3.79. The summed E-state index contributed by atoms with van der Waals surface area (Å²) in [4.78, 5) is 14.2. The van der Waals surface area contributed by atoms with Crippen molar-refractivity contribution in [3.05, 3.63) is 72.3 Å². The van der Waals surface area contributed by atoms with Gasteiger partial charge in [-0.3, -0.25) is 4.79 Å². The van der Waals surface area contributed by atoms with E-state index in [2.05, 4.69) is 6.58 Å². The quantitative estimate of drug-likeness (QED) is 0.634. The fourth-order valence-corrected chi connectivity index (χ4v) is 2.57. The van der Waals surface area contributed by atoms with Gasteiger partial charge in [-0.1, -0.05) is 49.1 Å². The monoisotopic (exact) mass is 291 g/mol. The molecular formula is C19H17NO2. The number of carbonyl (C=O) groups is 1. The summed E-state index contributed by atoms with van der Waals surface area (Å²) in [6, 6.07) is 15.5. The van der Waals surface area contributed by atoms with Crippen molar-refractivity contribution in [2.24, 2.45) is 0 Å². The van der Waals surface area contributed by atoms with Crippen LogP contribution in [0.4, 0.5) is 5.69 Å². The van der Waals surface area contributed by atoms with Crippen molar-refractivity contribution in [3.8, 4) is 5.75 Å². The van der Waals surface area contributed by atoms with Gasteiger partial charge < -0.3 is 9.64 Å². The van der Waals surface area contributed by atoms with E-state index in [9.17, 15) is 4.79 Å². The molecule has 22 heavy (non-hydrogen) atoms. The summed E-state index contributed by atoms with van der Waals surface area (Å²) < 4.78 is 5.66. The van der Waals surface area contributed by atoms with Gasteiger partial charge in [-0.05, 0) is 18.2 Å². The van der Waals surface area contributed by atoms with E-state index in [0.29, 0.717) is 12.2 Å². The lowest BCUT2D eigenvalue weighted by atomic mass is 10.0. The highest BCUT2D eigenvalue weighted by atomic mass is 16.5. The maximum absolute atomic E-state index is 12.5. The Balaban J connectivity index is 2.06. The minimum atomic E-state index is -0.000256. The Labute approximate surface area is 130 Å². The maximum atomic E-state index is 12.5. The van der Waals surface area contributed by atoms with Gasteiger partial charge in [-0.15, -0.1) is 0 Å². The van der Waals surface area contributed by atoms with Crippen LogP contribution >= 0.6 is 0 Å². The number of hydrogen-bond donors (Lipinski definition) is 0. The van der Waals surface area contributed by atoms with Gasteiger partial charge in [0.15, 0.2) is 0 Å². The first-order valence-corrected chi connectivity index (χ1v) is 7.14. The third-order valence-electron chi connectivity index (χ3n) is 3.67. The molecule has 3 nitrogen and oxygen atoms in total. The summed E-state index contributed by atoms with van der Waals surface area (Å²) in [7, 11) is 1.79. The van der Waals surface area contributed by atoms with E-state index in [-0.39, 0.29) is 5.91 Å². The highest BCUT2D eigenvalue weighted by molar-refractivity contribution is 6.35. The topological polar surface area (TPSA) is 29.5 Å². The van der Waals surface area contributed by atoms with Crippen LogP contribution in [0.2, 0.25) is 0 Å². The minimum Gasteiger partial charge on any atom is -0.489 e. The van der Waals surface area contributed by atoms with E-state index in [1.165, 1.54) is 0 Å². The summed E-state index contributed by atoms with van der Waals surface area (Å²) >= 11 is 0. The molecule has 0 unspecified atom stereocenters. The van der Waals surface area contributed by atoms with Crippen molar-refractivity contribution in [1.82, 2.24) is 0 Å². The first-order valence-electron chi connectivity index (χ1n) is 7.14. The van der Waals surface area contributed by atoms with Gasteiger partial charge in [-0.25, -0.2) is 0 Å². The molecule has 0 spiro atoms. The summed E-state index contributed by atoms with van der Waals surface area (Å²) in [5.74, 6) is 0.745. The van der Waals surface area contributed by atoms with E-state index in [1.54, 1.807) is 18.0 Å². The number of rotatable bonds is 4. The van der Waals surface area contributed by atoms with Crippen molar-refractivity contribution < 1.29 is 9.53 Å². The molecule has 0 radical (unpaired) electrons. The molecule has 1 amide bonds. The van der Waals surface area contributed by atoms with Crippen LogP contribution in [0, 0.1) is 0 Å². The number of fused-ring (bicyclic) bond motifs is 1. The predicted molar refractivity (Wildman–Crippen MR) is 89.9 cm³/mol. The molecular weight excluding hydrogens is 274 g/mol. The molecule has 2 aromatic carbocycles. The van der Waals surface area contributed by atoms with Crippen molar-refractivity contribution in [3.63, 3.8) is 0 Å². The maximum Gasteiger partial charge on any atom is 0.258 e.